The summed E-state index contributed by atoms with van der Waals surface area (Å²) < 4.78 is 32.2. The minimum atomic E-state index is -3.58. The van der Waals surface area contributed by atoms with E-state index in [1.54, 1.807) is 0 Å². The van der Waals surface area contributed by atoms with E-state index in [4.69, 9.17) is 4.74 Å². The van der Waals surface area contributed by atoms with Gasteiger partial charge in [0.2, 0.25) is 10.0 Å². The minimum absolute atomic E-state index is 0.149. The number of carbonyl (C=O) groups excluding carboxylic acids is 2. The molecule has 166 valence electrons. The van der Waals surface area contributed by atoms with Gasteiger partial charge in [-0.3, -0.25) is 4.79 Å². The number of benzene rings is 2. The zero-order valence-corrected chi connectivity index (χ0v) is 18.7. The third-order valence-electron chi connectivity index (χ3n) is 5.48. The molecule has 1 aliphatic rings. The molecule has 3 rings (SSSR count). The molecule has 1 fully saturated rings. The Kier molecular flexibility index (Phi) is 7.46. The van der Waals surface area contributed by atoms with Gasteiger partial charge in [-0.1, -0.05) is 25.1 Å². The maximum atomic E-state index is 12.8. The van der Waals surface area contributed by atoms with Crippen LogP contribution in [-0.4, -0.2) is 50.8 Å². The number of hydrogen-bond acceptors (Lipinski definition) is 5. The summed E-state index contributed by atoms with van der Waals surface area (Å²) in [4.78, 5) is 26.5. The second-order valence-electron chi connectivity index (χ2n) is 7.66. The van der Waals surface area contributed by atoms with E-state index in [2.05, 4.69) is 6.92 Å². The molecule has 8 heteroatoms. The molecular weight excluding hydrogens is 416 g/mol. The average molecular weight is 445 g/mol. The van der Waals surface area contributed by atoms with Crippen LogP contribution < -0.4 is 4.90 Å². The van der Waals surface area contributed by atoms with Gasteiger partial charge >= 0.3 is 5.97 Å². The first-order chi connectivity index (χ1) is 14.8. The van der Waals surface area contributed by atoms with Crippen molar-refractivity contribution in [3.63, 3.8) is 0 Å². The van der Waals surface area contributed by atoms with Gasteiger partial charge in [-0.05, 0) is 62.1 Å². The molecule has 1 heterocycles. The smallest absolute Gasteiger partial charge is 0.338 e. The molecular formula is C23H28N2O5S. The van der Waals surface area contributed by atoms with Crippen molar-refractivity contribution in [1.29, 1.82) is 0 Å². The second kappa shape index (κ2) is 10.1. The van der Waals surface area contributed by atoms with Crippen molar-refractivity contribution in [3.8, 4) is 0 Å². The highest BCUT2D eigenvalue weighted by molar-refractivity contribution is 7.89. The number of para-hydroxylation sites is 1. The summed E-state index contributed by atoms with van der Waals surface area (Å²) in [5, 5.41) is 0. The van der Waals surface area contributed by atoms with Gasteiger partial charge in [0.05, 0.1) is 10.5 Å². The van der Waals surface area contributed by atoms with E-state index in [0.717, 1.165) is 18.5 Å². The van der Waals surface area contributed by atoms with Crippen LogP contribution in [0, 0.1) is 5.92 Å². The van der Waals surface area contributed by atoms with Crippen molar-refractivity contribution in [2.45, 2.75) is 31.6 Å². The van der Waals surface area contributed by atoms with Crippen LogP contribution in [0.25, 0.3) is 0 Å². The molecule has 0 atom stereocenters. The number of piperidine rings is 1. The standard InChI is InChI=1S/C23H28N2O5S/c1-3-25(20-7-5-4-6-8-20)22(26)17-30-23(27)19-9-11-21(12-10-19)31(28,29)24-15-13-18(2)14-16-24/h4-12,18H,3,13-17H2,1-2H3. The highest BCUT2D eigenvalue weighted by Crippen LogP contribution is 2.23. The maximum Gasteiger partial charge on any atom is 0.338 e. The molecule has 0 radical (unpaired) electrons. The monoisotopic (exact) mass is 444 g/mol. The van der Waals surface area contributed by atoms with E-state index in [1.165, 1.54) is 33.5 Å². The normalized spacial score (nSPS) is 15.4. The number of hydrogen-bond donors (Lipinski definition) is 0. The van der Waals surface area contributed by atoms with E-state index >= 15 is 0 Å². The number of rotatable bonds is 7. The number of anilines is 1. The highest BCUT2D eigenvalue weighted by atomic mass is 32.2. The van der Waals surface area contributed by atoms with Gasteiger partial charge in [-0.25, -0.2) is 13.2 Å². The molecule has 0 spiro atoms. The number of esters is 1. The molecule has 0 aliphatic carbocycles. The van der Waals surface area contributed by atoms with Crippen LogP contribution in [0.2, 0.25) is 0 Å². The van der Waals surface area contributed by atoms with Gasteiger partial charge in [0.15, 0.2) is 6.61 Å². The fourth-order valence-corrected chi connectivity index (χ4v) is 5.01. The maximum absolute atomic E-state index is 12.8. The Morgan fingerprint density at radius 2 is 1.65 bits per heavy atom. The summed E-state index contributed by atoms with van der Waals surface area (Å²) in [6.07, 6.45) is 1.69. The van der Waals surface area contributed by atoms with E-state index in [1.807, 2.05) is 37.3 Å². The first-order valence-electron chi connectivity index (χ1n) is 10.5. The summed E-state index contributed by atoms with van der Waals surface area (Å²) in [5.41, 5.74) is 0.925. The van der Waals surface area contributed by atoms with Gasteiger partial charge in [0.1, 0.15) is 0 Å². The van der Waals surface area contributed by atoms with Gasteiger partial charge in [0.25, 0.3) is 5.91 Å². The fraction of sp³-hybridized carbons (Fsp3) is 0.391. The summed E-state index contributed by atoms with van der Waals surface area (Å²) in [6.45, 7) is 5.02. The van der Waals surface area contributed by atoms with E-state index in [9.17, 15) is 18.0 Å². The van der Waals surface area contributed by atoms with Gasteiger partial charge in [-0.15, -0.1) is 0 Å². The van der Waals surface area contributed by atoms with Crippen molar-refractivity contribution in [1.82, 2.24) is 4.31 Å². The molecule has 0 bridgehead atoms. The Morgan fingerprint density at radius 1 is 1.03 bits per heavy atom. The summed E-state index contributed by atoms with van der Waals surface area (Å²) in [7, 11) is -3.58. The van der Waals surface area contributed by atoms with Crippen LogP contribution in [0.4, 0.5) is 5.69 Å². The van der Waals surface area contributed by atoms with Crippen molar-refractivity contribution in [2.75, 3.05) is 31.1 Å². The predicted octanol–water partition coefficient (Wildman–Crippen LogP) is 3.32. The number of amides is 1. The topological polar surface area (TPSA) is 84.0 Å². The van der Waals surface area contributed by atoms with E-state index < -0.39 is 22.6 Å². The zero-order chi connectivity index (χ0) is 22.4. The first kappa shape index (κ1) is 23.0. The Hall–Kier alpha value is -2.71. The SMILES string of the molecule is CCN(C(=O)COC(=O)c1ccc(S(=O)(=O)N2CCC(C)CC2)cc1)c1ccccc1. The molecule has 1 amide bonds. The predicted molar refractivity (Wildman–Crippen MR) is 118 cm³/mol. The van der Waals surface area contributed by atoms with Crippen LogP contribution in [0.1, 0.15) is 37.0 Å². The molecule has 0 unspecified atom stereocenters. The zero-order valence-electron chi connectivity index (χ0n) is 17.9. The Labute approximate surface area is 183 Å². The third-order valence-corrected chi connectivity index (χ3v) is 7.40. The first-order valence-corrected chi connectivity index (χ1v) is 11.9. The number of sulfonamides is 1. The Morgan fingerprint density at radius 3 is 2.23 bits per heavy atom. The van der Waals surface area contributed by atoms with Crippen molar-refractivity contribution >= 4 is 27.6 Å². The number of ether oxygens (including phenoxy) is 1. The largest absolute Gasteiger partial charge is 0.452 e. The van der Waals surface area contributed by atoms with E-state index in [-0.39, 0.29) is 16.4 Å². The van der Waals surface area contributed by atoms with Crippen LogP contribution in [0.15, 0.2) is 59.5 Å². The molecule has 1 saturated heterocycles. The molecule has 31 heavy (non-hydrogen) atoms. The van der Waals surface area contributed by atoms with Gasteiger partial charge in [0, 0.05) is 25.3 Å². The Balaban J connectivity index is 1.61. The van der Waals surface area contributed by atoms with Crippen LogP contribution in [0.5, 0.6) is 0 Å². The fourth-order valence-electron chi connectivity index (χ4n) is 3.54. The van der Waals surface area contributed by atoms with Crippen LogP contribution >= 0.6 is 0 Å². The molecule has 7 nitrogen and oxygen atoms in total. The minimum Gasteiger partial charge on any atom is -0.452 e. The Bertz CT molecular complexity index is 998. The number of carbonyl (C=O) groups is 2. The molecule has 0 aromatic heterocycles. The molecule has 0 saturated carbocycles. The summed E-state index contributed by atoms with van der Waals surface area (Å²) in [6, 6.07) is 14.8. The lowest BCUT2D eigenvalue weighted by Crippen LogP contribution is -2.37. The lowest BCUT2D eigenvalue weighted by atomic mass is 10.0. The summed E-state index contributed by atoms with van der Waals surface area (Å²) >= 11 is 0. The molecule has 2 aromatic rings. The van der Waals surface area contributed by atoms with E-state index in [0.29, 0.717) is 25.6 Å². The van der Waals surface area contributed by atoms with Crippen molar-refractivity contribution in [3.05, 3.63) is 60.2 Å². The molecule has 0 N–H and O–H groups in total. The van der Waals surface area contributed by atoms with Crippen molar-refractivity contribution < 1.29 is 22.7 Å². The second-order valence-corrected chi connectivity index (χ2v) is 9.60. The lowest BCUT2D eigenvalue weighted by Gasteiger charge is -2.29. The van der Waals surface area contributed by atoms with Gasteiger partial charge < -0.3 is 9.64 Å². The van der Waals surface area contributed by atoms with Crippen LogP contribution in [0.3, 0.4) is 0 Å². The van der Waals surface area contributed by atoms with Crippen molar-refractivity contribution in [2.24, 2.45) is 5.92 Å². The lowest BCUT2D eigenvalue weighted by molar-refractivity contribution is -0.121. The molecule has 2 aromatic carbocycles. The highest BCUT2D eigenvalue weighted by Gasteiger charge is 2.28. The quantitative estimate of drug-likeness (QED) is 0.612. The number of nitrogens with zero attached hydrogens (tertiary/aromatic N) is 2. The van der Waals surface area contributed by atoms with Crippen LogP contribution in [-0.2, 0) is 19.6 Å². The average Bonchev–Trinajstić information content (AvgIpc) is 2.79. The number of likely N-dealkylation sites (N-methyl/N-ethyl adjacent to an activating group) is 1. The van der Waals surface area contributed by atoms with Gasteiger partial charge in [-0.2, -0.15) is 4.31 Å². The summed E-state index contributed by atoms with van der Waals surface area (Å²) in [5.74, 6) is -0.481. The molecule has 1 aliphatic heterocycles. The third kappa shape index (κ3) is 5.51.